The summed E-state index contributed by atoms with van der Waals surface area (Å²) in [5.41, 5.74) is 2.13. The van der Waals surface area contributed by atoms with Gasteiger partial charge in [0.2, 0.25) is 0 Å². The number of rotatable bonds is 5. The van der Waals surface area contributed by atoms with Crippen LogP contribution in [0.5, 0.6) is 0 Å². The lowest BCUT2D eigenvalue weighted by molar-refractivity contribution is -0.143. The summed E-state index contributed by atoms with van der Waals surface area (Å²) in [5.74, 6) is -2.15. The summed E-state index contributed by atoms with van der Waals surface area (Å²) >= 11 is 0. The third-order valence-electron chi connectivity index (χ3n) is 3.96. The Balaban J connectivity index is 2.21. The molecule has 2 rings (SSSR count). The molecule has 4 amide bonds. The van der Waals surface area contributed by atoms with Gasteiger partial charge in [0.25, 0.3) is 0 Å². The van der Waals surface area contributed by atoms with Crippen LogP contribution >= 0.6 is 0 Å². The Morgan fingerprint density at radius 2 is 1.68 bits per heavy atom. The van der Waals surface area contributed by atoms with Crippen molar-refractivity contribution in [1.82, 2.24) is 14.4 Å². The Labute approximate surface area is 128 Å². The molecule has 0 unspecified atom stereocenters. The number of carbonyl (C=O) groups excluding carboxylic acids is 4. The number of Topliss-reactive ketones (excluding diaryl/α,β-unsaturated/α-hetero) is 1. The number of urea groups is 1. The minimum Gasteiger partial charge on any atom is -0.351 e. The molecule has 0 bridgehead atoms. The first kappa shape index (κ1) is 15.9. The number of nitrogens with zero attached hydrogens (tertiary/aromatic N) is 3. The fraction of sp³-hybridized carbons (Fsp3) is 0.467. The van der Waals surface area contributed by atoms with Crippen LogP contribution in [0.2, 0.25) is 0 Å². The number of carbonyl (C=O) groups is 4. The molecule has 2 heterocycles. The van der Waals surface area contributed by atoms with Crippen LogP contribution in [-0.2, 0) is 16.6 Å². The molecular formula is C15H19N3O4. The van der Waals surface area contributed by atoms with Crippen molar-refractivity contribution in [2.45, 2.75) is 27.2 Å². The molecule has 1 aromatic heterocycles. The predicted molar refractivity (Wildman–Crippen MR) is 78.3 cm³/mol. The highest BCUT2D eigenvalue weighted by Gasteiger charge is 2.44. The first-order valence-electron chi connectivity index (χ1n) is 7.13. The van der Waals surface area contributed by atoms with E-state index in [1.165, 1.54) is 0 Å². The van der Waals surface area contributed by atoms with Crippen LogP contribution in [-0.4, -0.2) is 51.1 Å². The van der Waals surface area contributed by atoms with Crippen molar-refractivity contribution >= 4 is 23.6 Å². The largest absolute Gasteiger partial charge is 0.351 e. The quantitative estimate of drug-likeness (QED) is 0.462. The van der Waals surface area contributed by atoms with Crippen molar-refractivity contribution in [2.24, 2.45) is 7.05 Å². The number of aromatic nitrogens is 1. The monoisotopic (exact) mass is 305 g/mol. The van der Waals surface area contributed by atoms with Crippen LogP contribution in [0.25, 0.3) is 0 Å². The molecule has 0 aromatic carbocycles. The van der Waals surface area contributed by atoms with Crippen LogP contribution in [0.4, 0.5) is 4.79 Å². The van der Waals surface area contributed by atoms with Gasteiger partial charge in [0.1, 0.15) is 0 Å². The van der Waals surface area contributed by atoms with Gasteiger partial charge in [0.15, 0.2) is 5.78 Å². The number of hydrogen-bond donors (Lipinski definition) is 0. The summed E-state index contributed by atoms with van der Waals surface area (Å²) in [7, 11) is 1.83. The Hall–Kier alpha value is -2.44. The van der Waals surface area contributed by atoms with Crippen LogP contribution < -0.4 is 0 Å². The lowest BCUT2D eigenvalue weighted by Gasteiger charge is -2.14. The lowest BCUT2D eigenvalue weighted by Crippen LogP contribution is -2.37. The summed E-state index contributed by atoms with van der Waals surface area (Å²) in [5, 5.41) is 0. The maximum Gasteiger partial charge on any atom is 0.334 e. The van der Waals surface area contributed by atoms with E-state index in [-0.39, 0.29) is 12.3 Å². The topological polar surface area (TPSA) is 79.7 Å². The normalized spacial score (nSPS) is 15.2. The fourth-order valence-electron chi connectivity index (χ4n) is 2.48. The maximum absolute atomic E-state index is 12.4. The van der Waals surface area contributed by atoms with Crippen molar-refractivity contribution in [3.05, 3.63) is 23.0 Å². The van der Waals surface area contributed by atoms with Crippen LogP contribution in [0, 0.1) is 13.8 Å². The number of ketones is 1. The Bertz CT molecular complexity index is 675. The molecule has 1 aliphatic heterocycles. The van der Waals surface area contributed by atoms with E-state index in [1.54, 1.807) is 19.9 Å². The van der Waals surface area contributed by atoms with Gasteiger partial charge >= 0.3 is 17.8 Å². The zero-order chi connectivity index (χ0) is 16.6. The Kier molecular flexibility index (Phi) is 4.16. The van der Waals surface area contributed by atoms with Crippen LogP contribution in [0.1, 0.15) is 35.1 Å². The van der Waals surface area contributed by atoms with Gasteiger partial charge < -0.3 is 4.57 Å². The average molecular weight is 305 g/mol. The minimum atomic E-state index is -0.933. The molecule has 1 aliphatic rings. The third-order valence-corrected chi connectivity index (χ3v) is 3.96. The predicted octanol–water partition coefficient (Wildman–Crippen LogP) is 1.03. The summed E-state index contributed by atoms with van der Waals surface area (Å²) in [4.78, 5) is 49.7. The lowest BCUT2D eigenvalue weighted by atomic mass is 10.1. The molecule has 22 heavy (non-hydrogen) atoms. The molecule has 1 aromatic rings. The molecule has 0 spiro atoms. The summed E-state index contributed by atoms with van der Waals surface area (Å²) < 4.78 is 1.86. The minimum absolute atomic E-state index is 0.178. The van der Waals surface area contributed by atoms with E-state index in [4.69, 9.17) is 0 Å². The van der Waals surface area contributed by atoms with E-state index in [1.807, 2.05) is 18.5 Å². The van der Waals surface area contributed by atoms with E-state index in [0.29, 0.717) is 12.0 Å². The molecule has 0 atom stereocenters. The Morgan fingerprint density at radius 3 is 2.18 bits per heavy atom. The molecule has 0 saturated carbocycles. The van der Waals surface area contributed by atoms with Gasteiger partial charge in [-0.05, 0) is 26.3 Å². The second kappa shape index (κ2) is 5.75. The average Bonchev–Trinajstić information content (AvgIpc) is 2.85. The van der Waals surface area contributed by atoms with Gasteiger partial charge in [-0.15, -0.1) is 0 Å². The van der Waals surface area contributed by atoms with Crippen molar-refractivity contribution in [1.29, 1.82) is 0 Å². The van der Waals surface area contributed by atoms with Gasteiger partial charge in [-0.3, -0.25) is 19.3 Å². The molecule has 118 valence electrons. The van der Waals surface area contributed by atoms with Crippen LogP contribution in [0.3, 0.4) is 0 Å². The first-order chi connectivity index (χ1) is 10.3. The molecule has 1 saturated heterocycles. The molecule has 0 radical (unpaired) electrons. The molecular weight excluding hydrogens is 286 g/mol. The zero-order valence-corrected chi connectivity index (χ0v) is 13.2. The van der Waals surface area contributed by atoms with Gasteiger partial charge in [0.05, 0.1) is 6.54 Å². The number of hydrogen-bond acceptors (Lipinski definition) is 4. The van der Waals surface area contributed by atoms with E-state index >= 15 is 0 Å². The van der Waals surface area contributed by atoms with E-state index < -0.39 is 24.4 Å². The van der Waals surface area contributed by atoms with Crippen molar-refractivity contribution in [2.75, 3.05) is 13.1 Å². The highest BCUT2D eigenvalue weighted by atomic mass is 16.2. The first-order valence-corrected chi connectivity index (χ1v) is 7.13. The molecule has 1 fully saturated rings. The Morgan fingerprint density at radius 1 is 1.09 bits per heavy atom. The molecule has 7 heteroatoms. The standard InChI is InChI=1S/C15H19N3O4/c1-5-6-17-13(20)14(21)18(15(17)22)8-12(19)11-7-9(2)16(4)10(11)3/h7H,5-6,8H2,1-4H3. The van der Waals surface area contributed by atoms with E-state index in [2.05, 4.69) is 0 Å². The van der Waals surface area contributed by atoms with E-state index in [0.717, 1.165) is 21.2 Å². The van der Waals surface area contributed by atoms with Gasteiger partial charge in [-0.1, -0.05) is 6.92 Å². The van der Waals surface area contributed by atoms with Crippen molar-refractivity contribution in [3.63, 3.8) is 0 Å². The fourth-order valence-corrected chi connectivity index (χ4v) is 2.48. The SMILES string of the molecule is CCCN1C(=O)C(=O)N(CC(=O)c2cc(C)n(C)c2C)C1=O. The zero-order valence-electron chi connectivity index (χ0n) is 13.2. The highest BCUT2D eigenvalue weighted by Crippen LogP contribution is 2.17. The second-order valence-electron chi connectivity index (χ2n) is 5.40. The van der Waals surface area contributed by atoms with E-state index in [9.17, 15) is 19.2 Å². The smallest absolute Gasteiger partial charge is 0.334 e. The van der Waals surface area contributed by atoms with Gasteiger partial charge in [-0.25, -0.2) is 9.69 Å². The summed E-state index contributed by atoms with van der Waals surface area (Å²) in [6.07, 6.45) is 0.559. The molecule has 0 N–H and O–H groups in total. The van der Waals surface area contributed by atoms with Crippen molar-refractivity contribution < 1.29 is 19.2 Å². The van der Waals surface area contributed by atoms with Crippen molar-refractivity contribution in [3.8, 4) is 0 Å². The maximum atomic E-state index is 12.4. The number of amides is 4. The second-order valence-corrected chi connectivity index (χ2v) is 5.40. The highest BCUT2D eigenvalue weighted by molar-refractivity contribution is 6.45. The molecule has 7 nitrogen and oxygen atoms in total. The third kappa shape index (κ3) is 2.43. The summed E-state index contributed by atoms with van der Waals surface area (Å²) in [6.45, 7) is 5.23. The van der Waals surface area contributed by atoms with Gasteiger partial charge in [0, 0.05) is 30.5 Å². The van der Waals surface area contributed by atoms with Gasteiger partial charge in [-0.2, -0.15) is 0 Å². The number of imide groups is 2. The molecule has 0 aliphatic carbocycles. The summed E-state index contributed by atoms with van der Waals surface area (Å²) in [6, 6.07) is 1.00. The van der Waals surface area contributed by atoms with Crippen LogP contribution in [0.15, 0.2) is 6.07 Å². The number of aryl methyl sites for hydroxylation is 1.